The lowest BCUT2D eigenvalue weighted by Gasteiger charge is -1.80. The van der Waals surface area contributed by atoms with Gasteiger partial charge in [-0.25, -0.2) is 0 Å². The van der Waals surface area contributed by atoms with Gasteiger partial charge in [-0.2, -0.15) is 0 Å². The number of terminal acetylenes is 1. The van der Waals surface area contributed by atoms with E-state index in [4.69, 9.17) is 7.79 Å². The predicted molar refractivity (Wildman–Crippen MR) is 23.7 cm³/mol. The van der Waals surface area contributed by atoms with E-state index in [-0.39, 0.29) is 5.92 Å². The molecule has 0 aromatic carbocycles. The fourth-order valence-electron chi connectivity index (χ4n) is 0. The van der Waals surface area contributed by atoms with Crippen LogP contribution in [0.4, 0.5) is 0 Å². The summed E-state index contributed by atoms with van der Waals surface area (Å²) in [7, 11) is 0. The Balaban J connectivity index is 3.04. The maximum absolute atomic E-state index is 6.67. The Morgan fingerprint density at radius 2 is 2.80 bits per heavy atom. The summed E-state index contributed by atoms with van der Waals surface area (Å²) in [6.07, 6.45) is 4.91. The number of hydrogen-bond donors (Lipinski definition) is 0. The van der Waals surface area contributed by atoms with E-state index in [2.05, 4.69) is 5.92 Å². The van der Waals surface area contributed by atoms with Crippen molar-refractivity contribution in [1.29, 1.82) is 0 Å². The standard InChI is InChI=1S/C5H8/c1-4-5(2)3/h1,5H,2-3H3/i2D. The smallest absolute Gasteiger partial charge is 0.0243 e. The average Bonchev–Trinajstić information content (AvgIpc) is 1.65. The van der Waals surface area contributed by atoms with Crippen molar-refractivity contribution in [2.24, 2.45) is 5.92 Å². The van der Waals surface area contributed by atoms with Gasteiger partial charge in [-0.15, -0.1) is 12.3 Å². The summed E-state index contributed by atoms with van der Waals surface area (Å²) >= 11 is 0. The SMILES string of the molecule is [2H]CC(C)C#C. The average molecular weight is 69.1 g/mol. The van der Waals surface area contributed by atoms with Gasteiger partial charge in [0.2, 0.25) is 0 Å². The molecular weight excluding hydrogens is 60.1 g/mol. The van der Waals surface area contributed by atoms with E-state index in [9.17, 15) is 0 Å². The largest absolute Gasteiger partial charge is 0.120 e. The first-order chi connectivity index (χ1) is 2.81. The number of hydrogen-bond acceptors (Lipinski definition) is 0. The van der Waals surface area contributed by atoms with Crippen molar-refractivity contribution in [2.45, 2.75) is 13.8 Å². The van der Waals surface area contributed by atoms with E-state index in [1.54, 1.807) is 0 Å². The molecule has 0 N–H and O–H groups in total. The molecule has 0 heterocycles. The van der Waals surface area contributed by atoms with Gasteiger partial charge in [0.05, 0.1) is 0 Å². The van der Waals surface area contributed by atoms with Crippen molar-refractivity contribution in [2.75, 3.05) is 0 Å². The Bertz CT molecular complexity index is 60.8. The van der Waals surface area contributed by atoms with Crippen molar-refractivity contribution in [3.63, 3.8) is 0 Å². The predicted octanol–water partition coefficient (Wildman–Crippen LogP) is 1.28. The van der Waals surface area contributed by atoms with Crippen LogP contribution < -0.4 is 0 Å². The molecule has 0 saturated carbocycles. The van der Waals surface area contributed by atoms with Gasteiger partial charge in [-0.3, -0.25) is 0 Å². The lowest BCUT2D eigenvalue weighted by molar-refractivity contribution is 0.868. The van der Waals surface area contributed by atoms with Gasteiger partial charge >= 0.3 is 0 Å². The molecule has 0 bridgehead atoms. The highest BCUT2D eigenvalue weighted by Gasteiger charge is 1.74. The topological polar surface area (TPSA) is 0 Å². The first-order valence-corrected chi connectivity index (χ1v) is 1.56. The zero-order valence-electron chi connectivity index (χ0n) is 4.36. The zero-order valence-corrected chi connectivity index (χ0v) is 3.36. The molecule has 28 valence electrons. The first kappa shape index (κ1) is 2.78. The quantitative estimate of drug-likeness (QED) is 0.376. The van der Waals surface area contributed by atoms with Crippen molar-refractivity contribution >= 4 is 0 Å². The van der Waals surface area contributed by atoms with Gasteiger partial charge in [0.25, 0.3) is 0 Å². The van der Waals surface area contributed by atoms with Crippen LogP contribution in [0.25, 0.3) is 0 Å². The Morgan fingerprint density at radius 1 is 2.20 bits per heavy atom. The maximum Gasteiger partial charge on any atom is 0.0243 e. The molecule has 0 heteroatoms. The molecule has 0 fully saturated rings. The van der Waals surface area contributed by atoms with E-state index in [0.29, 0.717) is 6.90 Å². The summed E-state index contributed by atoms with van der Waals surface area (Å²) < 4.78 is 6.67. The van der Waals surface area contributed by atoms with Gasteiger partial charge in [-0.05, 0) is 0 Å². The van der Waals surface area contributed by atoms with Gasteiger partial charge in [-0.1, -0.05) is 13.8 Å². The number of rotatable bonds is 0. The minimum Gasteiger partial charge on any atom is -0.120 e. The molecule has 1 unspecified atom stereocenters. The van der Waals surface area contributed by atoms with E-state index >= 15 is 0 Å². The molecule has 0 spiro atoms. The Kier molecular flexibility index (Phi) is 1.02. The van der Waals surface area contributed by atoms with Crippen molar-refractivity contribution in [3.8, 4) is 12.3 Å². The summed E-state index contributed by atoms with van der Waals surface area (Å²) in [4.78, 5) is 0. The van der Waals surface area contributed by atoms with Crippen LogP contribution in [0.15, 0.2) is 0 Å². The fourth-order valence-corrected chi connectivity index (χ4v) is 0. The molecule has 0 radical (unpaired) electrons. The molecule has 0 aliphatic carbocycles. The van der Waals surface area contributed by atoms with Crippen molar-refractivity contribution in [1.82, 2.24) is 0 Å². The lowest BCUT2D eigenvalue weighted by atomic mass is 10.2. The second kappa shape index (κ2) is 1.84. The molecular formula is C5H8. The highest BCUT2D eigenvalue weighted by molar-refractivity contribution is 4.86. The van der Waals surface area contributed by atoms with Crippen LogP contribution in [0.3, 0.4) is 0 Å². The van der Waals surface area contributed by atoms with E-state index in [0.717, 1.165) is 0 Å². The third-order valence-corrected chi connectivity index (χ3v) is 0.285. The van der Waals surface area contributed by atoms with E-state index < -0.39 is 0 Å². The van der Waals surface area contributed by atoms with Crippen LogP contribution in [-0.4, -0.2) is 0 Å². The van der Waals surface area contributed by atoms with Crippen LogP contribution in [0, 0.1) is 18.3 Å². The summed E-state index contributed by atoms with van der Waals surface area (Å²) in [6.45, 7) is 2.20. The summed E-state index contributed by atoms with van der Waals surface area (Å²) in [5.41, 5.74) is 0. The molecule has 0 rings (SSSR count). The second-order valence-corrected chi connectivity index (χ2v) is 1.07. The highest BCUT2D eigenvalue weighted by Crippen LogP contribution is 1.81. The summed E-state index contributed by atoms with van der Waals surface area (Å²) in [6, 6.07) is 0. The molecule has 0 amide bonds. The van der Waals surface area contributed by atoms with Crippen LogP contribution in [0.5, 0.6) is 0 Å². The zero-order chi connectivity index (χ0) is 4.99. The molecule has 0 saturated heterocycles. The molecule has 1 atom stereocenters. The molecule has 0 aromatic heterocycles. The van der Waals surface area contributed by atoms with Crippen molar-refractivity contribution in [3.05, 3.63) is 0 Å². The van der Waals surface area contributed by atoms with Crippen LogP contribution in [-0.2, 0) is 0 Å². The van der Waals surface area contributed by atoms with E-state index in [1.807, 2.05) is 6.92 Å². The van der Waals surface area contributed by atoms with Crippen LogP contribution in [0.2, 0.25) is 0 Å². The third-order valence-electron chi connectivity index (χ3n) is 0.285. The van der Waals surface area contributed by atoms with E-state index in [1.165, 1.54) is 0 Å². The lowest BCUT2D eigenvalue weighted by Crippen LogP contribution is -1.72. The minimum atomic E-state index is 0.130. The Morgan fingerprint density at radius 3 is 2.80 bits per heavy atom. The third kappa shape index (κ3) is 3.56. The molecule has 0 aliphatic heterocycles. The highest BCUT2D eigenvalue weighted by atomic mass is 13.8. The van der Waals surface area contributed by atoms with Crippen LogP contribution >= 0.6 is 0 Å². The van der Waals surface area contributed by atoms with Gasteiger partial charge in [0, 0.05) is 7.29 Å². The Hall–Kier alpha value is -0.440. The monoisotopic (exact) mass is 69.1 g/mol. The fraction of sp³-hybridized carbons (Fsp3) is 0.600. The summed E-state index contributed by atoms with van der Waals surface area (Å²) in [5.74, 6) is 2.56. The minimum absolute atomic E-state index is 0.130. The van der Waals surface area contributed by atoms with Crippen LogP contribution in [0.1, 0.15) is 15.2 Å². The molecule has 0 nitrogen and oxygen atoms in total. The van der Waals surface area contributed by atoms with Gasteiger partial charge in [0.15, 0.2) is 0 Å². The second-order valence-electron chi connectivity index (χ2n) is 1.07. The maximum atomic E-state index is 6.67. The first-order valence-electron chi connectivity index (χ1n) is 2.27. The van der Waals surface area contributed by atoms with Crippen molar-refractivity contribution < 1.29 is 1.37 Å². The normalized spacial score (nSPS) is 15.6. The molecule has 5 heavy (non-hydrogen) atoms. The molecule has 0 aromatic rings. The van der Waals surface area contributed by atoms with Gasteiger partial charge in [0.1, 0.15) is 0 Å². The summed E-state index contributed by atoms with van der Waals surface area (Å²) in [5, 5.41) is 0. The Labute approximate surface area is 34.6 Å². The van der Waals surface area contributed by atoms with Gasteiger partial charge < -0.3 is 0 Å². The molecule has 0 aliphatic rings.